The molecule has 0 saturated carbocycles. The van der Waals surface area contributed by atoms with Crippen LogP contribution in [0.4, 0.5) is 5.69 Å². The van der Waals surface area contributed by atoms with Crippen molar-refractivity contribution in [2.24, 2.45) is 0 Å². The van der Waals surface area contributed by atoms with Gasteiger partial charge in [0.1, 0.15) is 12.4 Å². The molecular formula is C19H21NO2. The van der Waals surface area contributed by atoms with Crippen molar-refractivity contribution in [3.8, 4) is 5.75 Å². The number of rotatable bonds is 4. The fourth-order valence-electron chi connectivity index (χ4n) is 2.74. The third-order valence-electron chi connectivity index (χ3n) is 3.95. The number of amides is 1. The van der Waals surface area contributed by atoms with Crippen LogP contribution >= 0.6 is 0 Å². The summed E-state index contributed by atoms with van der Waals surface area (Å²) >= 11 is 0. The topological polar surface area (TPSA) is 29.5 Å². The third-order valence-corrected chi connectivity index (χ3v) is 3.95. The van der Waals surface area contributed by atoms with Gasteiger partial charge in [0.25, 0.3) is 0 Å². The van der Waals surface area contributed by atoms with Gasteiger partial charge in [0.15, 0.2) is 0 Å². The standard InChI is InChI=1S/C19H21NO2/c21-19-12-5-2-6-13-20(19)17-10-7-11-18(14-17)22-15-16-8-3-1-4-9-16/h1,3-4,7-11,14H,2,5-6,12-13,15H2. The third kappa shape index (κ3) is 3.67. The van der Waals surface area contributed by atoms with Crippen LogP contribution in [0.1, 0.15) is 31.2 Å². The van der Waals surface area contributed by atoms with Crippen molar-refractivity contribution in [3.05, 3.63) is 60.2 Å². The maximum absolute atomic E-state index is 12.2. The molecule has 0 spiro atoms. The molecule has 1 fully saturated rings. The van der Waals surface area contributed by atoms with E-state index >= 15 is 0 Å². The van der Waals surface area contributed by atoms with Crippen LogP contribution in [0.25, 0.3) is 0 Å². The molecule has 1 aliphatic rings. The summed E-state index contributed by atoms with van der Waals surface area (Å²) in [4.78, 5) is 14.1. The maximum atomic E-state index is 12.2. The van der Waals surface area contributed by atoms with E-state index in [0.717, 1.165) is 42.8 Å². The predicted molar refractivity (Wildman–Crippen MR) is 88.0 cm³/mol. The Labute approximate surface area is 131 Å². The fourth-order valence-corrected chi connectivity index (χ4v) is 2.74. The second-order valence-corrected chi connectivity index (χ2v) is 5.63. The normalized spacial score (nSPS) is 15.5. The maximum Gasteiger partial charge on any atom is 0.226 e. The molecule has 2 aromatic carbocycles. The van der Waals surface area contributed by atoms with Crippen LogP contribution in [0, 0.1) is 0 Å². The first-order valence-corrected chi connectivity index (χ1v) is 7.90. The van der Waals surface area contributed by atoms with Crippen molar-refractivity contribution in [2.45, 2.75) is 32.3 Å². The minimum atomic E-state index is 0.220. The quantitative estimate of drug-likeness (QED) is 0.847. The number of ether oxygens (including phenoxy) is 1. The van der Waals surface area contributed by atoms with Crippen LogP contribution in [0.5, 0.6) is 5.75 Å². The number of carbonyl (C=O) groups is 1. The van der Waals surface area contributed by atoms with E-state index in [0.29, 0.717) is 13.0 Å². The van der Waals surface area contributed by atoms with Crippen molar-refractivity contribution in [1.29, 1.82) is 0 Å². The van der Waals surface area contributed by atoms with Gasteiger partial charge in [0.05, 0.1) is 0 Å². The Hall–Kier alpha value is -2.29. The molecule has 0 unspecified atom stereocenters. The van der Waals surface area contributed by atoms with Crippen LogP contribution in [-0.4, -0.2) is 12.5 Å². The molecule has 2 aromatic rings. The Morgan fingerprint density at radius 1 is 0.955 bits per heavy atom. The van der Waals surface area contributed by atoms with E-state index in [-0.39, 0.29) is 5.91 Å². The van der Waals surface area contributed by atoms with E-state index in [1.165, 1.54) is 0 Å². The Morgan fingerprint density at radius 3 is 2.68 bits per heavy atom. The summed E-state index contributed by atoms with van der Waals surface area (Å²) in [5.41, 5.74) is 2.08. The highest BCUT2D eigenvalue weighted by Crippen LogP contribution is 2.25. The molecule has 0 atom stereocenters. The van der Waals surface area contributed by atoms with E-state index < -0.39 is 0 Å². The Kier molecular flexibility index (Phi) is 4.74. The predicted octanol–water partition coefficient (Wildman–Crippen LogP) is 4.17. The highest BCUT2D eigenvalue weighted by molar-refractivity contribution is 5.93. The minimum absolute atomic E-state index is 0.220. The SMILES string of the molecule is O=C1CCCCCN1c1cccc(OCc2ccccc2)c1. The van der Waals surface area contributed by atoms with Crippen molar-refractivity contribution in [1.82, 2.24) is 0 Å². The zero-order valence-electron chi connectivity index (χ0n) is 12.7. The molecule has 3 nitrogen and oxygen atoms in total. The van der Waals surface area contributed by atoms with E-state index in [9.17, 15) is 4.79 Å². The molecular weight excluding hydrogens is 274 g/mol. The first-order chi connectivity index (χ1) is 10.8. The number of hydrogen-bond donors (Lipinski definition) is 0. The van der Waals surface area contributed by atoms with Gasteiger partial charge in [-0.15, -0.1) is 0 Å². The molecule has 0 radical (unpaired) electrons. The number of benzene rings is 2. The molecule has 1 saturated heterocycles. The largest absolute Gasteiger partial charge is 0.489 e. The molecule has 0 aliphatic carbocycles. The van der Waals surface area contributed by atoms with Crippen LogP contribution < -0.4 is 9.64 Å². The summed E-state index contributed by atoms with van der Waals surface area (Å²) < 4.78 is 5.85. The highest BCUT2D eigenvalue weighted by Gasteiger charge is 2.18. The first-order valence-electron chi connectivity index (χ1n) is 7.90. The van der Waals surface area contributed by atoms with Gasteiger partial charge < -0.3 is 9.64 Å². The van der Waals surface area contributed by atoms with Gasteiger partial charge in [-0.3, -0.25) is 4.79 Å². The molecule has 0 bridgehead atoms. The van der Waals surface area contributed by atoms with Crippen molar-refractivity contribution in [2.75, 3.05) is 11.4 Å². The molecule has 0 aromatic heterocycles. The lowest BCUT2D eigenvalue weighted by Crippen LogP contribution is -2.29. The number of nitrogens with zero attached hydrogens (tertiary/aromatic N) is 1. The zero-order valence-corrected chi connectivity index (χ0v) is 12.7. The van der Waals surface area contributed by atoms with Gasteiger partial charge in [0.2, 0.25) is 5.91 Å². The molecule has 1 amide bonds. The highest BCUT2D eigenvalue weighted by atomic mass is 16.5. The molecule has 3 heteroatoms. The average molecular weight is 295 g/mol. The summed E-state index contributed by atoms with van der Waals surface area (Å²) in [6, 6.07) is 17.9. The second-order valence-electron chi connectivity index (χ2n) is 5.63. The number of anilines is 1. The van der Waals surface area contributed by atoms with Gasteiger partial charge in [0, 0.05) is 24.7 Å². The van der Waals surface area contributed by atoms with Gasteiger partial charge in [-0.1, -0.05) is 42.8 Å². The monoisotopic (exact) mass is 295 g/mol. The second kappa shape index (κ2) is 7.12. The van der Waals surface area contributed by atoms with Crippen LogP contribution in [0.15, 0.2) is 54.6 Å². The minimum Gasteiger partial charge on any atom is -0.489 e. The summed E-state index contributed by atoms with van der Waals surface area (Å²) in [6.45, 7) is 1.35. The molecule has 1 aliphatic heterocycles. The van der Waals surface area contributed by atoms with Crippen molar-refractivity contribution >= 4 is 11.6 Å². The summed E-state index contributed by atoms with van der Waals surface area (Å²) in [6.07, 6.45) is 3.85. The Bertz CT molecular complexity index is 624. The van der Waals surface area contributed by atoms with Crippen molar-refractivity contribution in [3.63, 3.8) is 0 Å². The van der Waals surface area contributed by atoms with Gasteiger partial charge >= 0.3 is 0 Å². The fraction of sp³-hybridized carbons (Fsp3) is 0.316. The average Bonchev–Trinajstić information content (AvgIpc) is 2.79. The van der Waals surface area contributed by atoms with E-state index in [1.54, 1.807) is 0 Å². The van der Waals surface area contributed by atoms with Gasteiger partial charge in [-0.05, 0) is 30.5 Å². The Morgan fingerprint density at radius 2 is 1.82 bits per heavy atom. The Balaban J connectivity index is 1.70. The van der Waals surface area contributed by atoms with Gasteiger partial charge in [-0.25, -0.2) is 0 Å². The van der Waals surface area contributed by atoms with Crippen LogP contribution in [0.2, 0.25) is 0 Å². The summed E-state index contributed by atoms with van der Waals surface area (Å²) in [5, 5.41) is 0. The number of carbonyl (C=O) groups excluding carboxylic acids is 1. The van der Waals surface area contributed by atoms with E-state index in [4.69, 9.17) is 4.74 Å². The lowest BCUT2D eigenvalue weighted by Gasteiger charge is -2.21. The smallest absolute Gasteiger partial charge is 0.226 e. The molecule has 22 heavy (non-hydrogen) atoms. The lowest BCUT2D eigenvalue weighted by molar-refractivity contribution is -0.118. The summed E-state index contributed by atoms with van der Waals surface area (Å²) in [5.74, 6) is 1.02. The zero-order chi connectivity index (χ0) is 15.2. The van der Waals surface area contributed by atoms with Crippen LogP contribution in [0.3, 0.4) is 0 Å². The van der Waals surface area contributed by atoms with Crippen LogP contribution in [-0.2, 0) is 11.4 Å². The molecule has 0 N–H and O–H groups in total. The van der Waals surface area contributed by atoms with Gasteiger partial charge in [-0.2, -0.15) is 0 Å². The van der Waals surface area contributed by atoms with E-state index in [2.05, 4.69) is 0 Å². The number of hydrogen-bond acceptors (Lipinski definition) is 2. The molecule has 3 rings (SSSR count). The van der Waals surface area contributed by atoms with E-state index in [1.807, 2.05) is 59.5 Å². The summed E-state index contributed by atoms with van der Waals surface area (Å²) in [7, 11) is 0. The van der Waals surface area contributed by atoms with Crippen molar-refractivity contribution < 1.29 is 9.53 Å². The lowest BCUT2D eigenvalue weighted by atomic mass is 10.2. The molecule has 114 valence electrons. The first kappa shape index (κ1) is 14.6. The molecule has 1 heterocycles.